The van der Waals surface area contributed by atoms with E-state index in [-0.39, 0.29) is 44.9 Å². The third-order valence-electron chi connectivity index (χ3n) is 9.09. The van der Waals surface area contributed by atoms with Gasteiger partial charge in [-0.3, -0.25) is 14.4 Å². The van der Waals surface area contributed by atoms with Gasteiger partial charge in [0.05, 0.1) is 35.4 Å². The number of likely N-dealkylation sites (tertiary alicyclic amines) is 1. The summed E-state index contributed by atoms with van der Waals surface area (Å²) in [5.41, 5.74) is 1.68. The van der Waals surface area contributed by atoms with Crippen molar-refractivity contribution in [2.75, 3.05) is 33.0 Å². The molecule has 12 nitrogen and oxygen atoms in total. The number of thiazole rings is 1. The average molecular weight is 733 g/mol. The molecule has 1 aromatic carbocycles. The molecular formula is C37H53FN4O8S. The van der Waals surface area contributed by atoms with Crippen molar-refractivity contribution in [3.8, 4) is 16.2 Å². The molecule has 1 saturated heterocycles. The van der Waals surface area contributed by atoms with E-state index in [4.69, 9.17) is 14.2 Å². The molecule has 2 aromatic rings. The molecule has 1 aliphatic heterocycles. The van der Waals surface area contributed by atoms with E-state index in [9.17, 15) is 28.7 Å². The fourth-order valence-corrected chi connectivity index (χ4v) is 6.75. The van der Waals surface area contributed by atoms with Gasteiger partial charge >= 0.3 is 5.97 Å². The summed E-state index contributed by atoms with van der Waals surface area (Å²) in [5.74, 6) is -1.52. The highest BCUT2D eigenvalue weighted by atomic mass is 32.1. The summed E-state index contributed by atoms with van der Waals surface area (Å²) in [6.45, 7) is 10.4. The van der Waals surface area contributed by atoms with E-state index in [0.29, 0.717) is 25.6 Å². The first-order chi connectivity index (χ1) is 24.2. The number of unbranched alkanes of at least 4 members (excludes halogenated alkanes) is 4. The SMILES string of the molecule is CCOC(=O)COCCCCCCCOc1cc(-c2scnc2C)ccc1CNC(=O)[C@@H]1C[C@@H](O)CN1C(=O)[C@@H](NC(=O)C1(F)CC1)C(C)(C)C. The lowest BCUT2D eigenvalue weighted by atomic mass is 9.85. The number of nitrogens with one attached hydrogen (secondary N) is 2. The summed E-state index contributed by atoms with van der Waals surface area (Å²) in [4.78, 5) is 58.0. The minimum absolute atomic E-state index is 0.0248. The molecule has 1 aliphatic carbocycles. The zero-order valence-corrected chi connectivity index (χ0v) is 31.2. The van der Waals surface area contributed by atoms with Gasteiger partial charge in [-0.2, -0.15) is 0 Å². The molecule has 51 heavy (non-hydrogen) atoms. The Morgan fingerprint density at radius 1 is 1.12 bits per heavy atom. The predicted molar refractivity (Wildman–Crippen MR) is 191 cm³/mol. The lowest BCUT2D eigenvalue weighted by Crippen LogP contribution is -2.59. The van der Waals surface area contributed by atoms with Gasteiger partial charge in [0.2, 0.25) is 11.8 Å². The maximum Gasteiger partial charge on any atom is 0.332 e. The summed E-state index contributed by atoms with van der Waals surface area (Å²) in [6.07, 6.45) is 3.94. The second kappa shape index (κ2) is 18.2. The maximum atomic E-state index is 14.5. The number of aryl methyl sites for hydroxylation is 1. The van der Waals surface area contributed by atoms with Crippen molar-refractivity contribution in [3.63, 3.8) is 0 Å². The number of ether oxygens (including phenoxy) is 3. The van der Waals surface area contributed by atoms with Crippen LogP contribution in [0.3, 0.4) is 0 Å². The molecule has 3 atom stereocenters. The maximum absolute atomic E-state index is 14.5. The Morgan fingerprint density at radius 2 is 1.82 bits per heavy atom. The van der Waals surface area contributed by atoms with Crippen molar-refractivity contribution in [2.24, 2.45) is 5.41 Å². The van der Waals surface area contributed by atoms with Gasteiger partial charge in [0.25, 0.3) is 5.91 Å². The van der Waals surface area contributed by atoms with Gasteiger partial charge < -0.3 is 34.9 Å². The van der Waals surface area contributed by atoms with E-state index in [2.05, 4.69) is 15.6 Å². The Kier molecular flexibility index (Phi) is 14.4. The van der Waals surface area contributed by atoms with Gasteiger partial charge in [0.1, 0.15) is 24.4 Å². The Morgan fingerprint density at radius 3 is 2.47 bits per heavy atom. The lowest BCUT2D eigenvalue weighted by molar-refractivity contribution is -0.148. The van der Waals surface area contributed by atoms with E-state index in [0.717, 1.165) is 53.8 Å². The van der Waals surface area contributed by atoms with Gasteiger partial charge in [-0.1, -0.05) is 52.2 Å². The van der Waals surface area contributed by atoms with Crippen LogP contribution in [0.15, 0.2) is 23.7 Å². The largest absolute Gasteiger partial charge is 0.493 e. The van der Waals surface area contributed by atoms with E-state index in [1.165, 1.54) is 16.2 Å². The second-order valence-corrected chi connectivity index (χ2v) is 15.3. The molecule has 0 unspecified atom stereocenters. The van der Waals surface area contributed by atoms with Gasteiger partial charge in [0.15, 0.2) is 5.67 Å². The number of esters is 1. The zero-order chi connectivity index (χ0) is 37.2. The number of amides is 3. The number of aliphatic hydroxyl groups excluding tert-OH is 1. The van der Waals surface area contributed by atoms with Crippen LogP contribution < -0.4 is 15.4 Å². The molecule has 2 heterocycles. The summed E-state index contributed by atoms with van der Waals surface area (Å²) in [5, 5.41) is 16.0. The fraction of sp³-hybridized carbons (Fsp3) is 0.649. The minimum atomic E-state index is -1.96. The van der Waals surface area contributed by atoms with Crippen LogP contribution in [0.25, 0.3) is 10.4 Å². The predicted octanol–water partition coefficient (Wildman–Crippen LogP) is 4.64. The van der Waals surface area contributed by atoms with Crippen LogP contribution in [0.4, 0.5) is 4.39 Å². The molecule has 0 spiro atoms. The number of aliphatic hydroxyl groups is 1. The molecule has 0 radical (unpaired) electrons. The number of hydrogen-bond acceptors (Lipinski definition) is 10. The van der Waals surface area contributed by atoms with E-state index < -0.39 is 47.0 Å². The molecule has 1 saturated carbocycles. The molecular weight excluding hydrogens is 679 g/mol. The van der Waals surface area contributed by atoms with E-state index in [1.807, 2.05) is 25.1 Å². The Labute approximate surface area is 303 Å². The lowest BCUT2D eigenvalue weighted by Gasteiger charge is -2.35. The molecule has 14 heteroatoms. The van der Waals surface area contributed by atoms with Crippen LogP contribution >= 0.6 is 11.3 Å². The van der Waals surface area contributed by atoms with Crippen LogP contribution in [-0.4, -0.2) is 95.5 Å². The number of β-amino-alcohol motifs (C(OH)–C–C–N with tert-alkyl or cyclic N) is 1. The van der Waals surface area contributed by atoms with Crippen LogP contribution in [-0.2, 0) is 35.2 Å². The quantitative estimate of drug-likeness (QED) is 0.138. The first kappa shape index (κ1) is 40.2. The summed E-state index contributed by atoms with van der Waals surface area (Å²) in [6, 6.07) is 3.77. The van der Waals surface area contributed by atoms with E-state index in [1.54, 1.807) is 33.2 Å². The number of carbonyl (C=O) groups excluding carboxylic acids is 4. The number of halogens is 1. The highest BCUT2D eigenvalue weighted by Crippen LogP contribution is 2.40. The first-order valence-corrected chi connectivity index (χ1v) is 18.8. The fourth-order valence-electron chi connectivity index (χ4n) is 5.95. The van der Waals surface area contributed by atoms with Gasteiger partial charge in [0, 0.05) is 31.7 Å². The highest BCUT2D eigenvalue weighted by Gasteiger charge is 2.53. The second-order valence-electron chi connectivity index (χ2n) is 14.4. The van der Waals surface area contributed by atoms with Gasteiger partial charge in [-0.15, -0.1) is 11.3 Å². The molecule has 3 amide bonds. The van der Waals surface area contributed by atoms with Crippen LogP contribution in [0, 0.1) is 12.3 Å². The standard InChI is InChI=1S/C37H53FN4O8S/c1-6-49-30(44)22-48-16-10-8-7-9-11-17-50-29-18-25(31-24(2)40-23-51-31)12-13-26(29)20-39-33(45)28-19-27(43)21-42(28)34(46)32(36(3,4)5)41-35(47)37(38)14-15-37/h12-13,18,23,27-28,32,43H,6-11,14-17,19-22H2,1-5H3,(H,39,45)(H,41,47)/t27-,28+,32-/m1/s1. The number of aromatic nitrogens is 1. The summed E-state index contributed by atoms with van der Waals surface area (Å²) in [7, 11) is 0. The third kappa shape index (κ3) is 11.4. The molecule has 3 N–H and O–H groups in total. The smallest absolute Gasteiger partial charge is 0.332 e. The van der Waals surface area contributed by atoms with Crippen molar-refractivity contribution in [1.29, 1.82) is 0 Å². The first-order valence-electron chi connectivity index (χ1n) is 17.9. The molecule has 0 bridgehead atoms. The minimum Gasteiger partial charge on any atom is -0.493 e. The Bertz CT molecular complexity index is 1510. The van der Waals surface area contributed by atoms with Gasteiger partial charge in [-0.25, -0.2) is 14.2 Å². The van der Waals surface area contributed by atoms with Crippen LogP contribution in [0.1, 0.15) is 90.3 Å². The monoisotopic (exact) mass is 732 g/mol. The van der Waals surface area contributed by atoms with Crippen LogP contribution in [0.5, 0.6) is 5.75 Å². The Balaban J connectivity index is 1.35. The summed E-state index contributed by atoms with van der Waals surface area (Å²) >= 11 is 1.53. The molecule has 4 rings (SSSR count). The molecule has 1 aromatic heterocycles. The number of carbonyl (C=O) groups is 4. The van der Waals surface area contributed by atoms with Crippen molar-refractivity contribution in [2.45, 2.75) is 116 Å². The Hall–Kier alpha value is -3.62. The van der Waals surface area contributed by atoms with Crippen molar-refractivity contribution in [3.05, 3.63) is 35.0 Å². The third-order valence-corrected chi connectivity index (χ3v) is 10.1. The van der Waals surface area contributed by atoms with E-state index >= 15 is 0 Å². The van der Waals surface area contributed by atoms with Crippen LogP contribution in [0.2, 0.25) is 0 Å². The number of hydrogen-bond donors (Lipinski definition) is 3. The highest BCUT2D eigenvalue weighted by molar-refractivity contribution is 7.13. The average Bonchev–Trinajstić information content (AvgIpc) is 3.49. The normalized spacial score (nSPS) is 18.6. The number of rotatable bonds is 19. The topological polar surface area (TPSA) is 156 Å². The molecule has 282 valence electrons. The van der Waals surface area contributed by atoms with Gasteiger partial charge in [-0.05, 0) is 56.6 Å². The summed E-state index contributed by atoms with van der Waals surface area (Å²) < 4.78 is 31.0. The number of nitrogens with zero attached hydrogens (tertiary/aromatic N) is 2. The van der Waals surface area contributed by atoms with Crippen molar-refractivity contribution < 1.29 is 42.9 Å². The van der Waals surface area contributed by atoms with Crippen molar-refractivity contribution in [1.82, 2.24) is 20.5 Å². The van der Waals surface area contributed by atoms with Crippen molar-refractivity contribution >= 4 is 35.0 Å². The molecule has 2 fully saturated rings. The number of alkyl halides is 1. The zero-order valence-electron chi connectivity index (χ0n) is 30.4. The number of benzene rings is 1. The molecule has 2 aliphatic rings.